The van der Waals surface area contributed by atoms with E-state index in [4.69, 9.17) is 37.4 Å². The molecule has 1 heterocycles. The Balaban J connectivity index is 1.68. The number of allylic oxidation sites excluding steroid dienone is 4. The van der Waals surface area contributed by atoms with E-state index in [2.05, 4.69) is 25.9 Å². The maximum atomic E-state index is 13.1. The Morgan fingerprint density at radius 1 is 1.00 bits per heavy atom. The van der Waals surface area contributed by atoms with E-state index < -0.39 is 0 Å². The lowest BCUT2D eigenvalue weighted by Gasteiger charge is -2.22. The van der Waals surface area contributed by atoms with Gasteiger partial charge in [-0.15, -0.1) is 11.6 Å². The molecule has 0 aliphatic heterocycles. The van der Waals surface area contributed by atoms with Gasteiger partial charge in [-0.1, -0.05) is 17.7 Å². The van der Waals surface area contributed by atoms with Crippen molar-refractivity contribution in [3.05, 3.63) is 82.4 Å². The van der Waals surface area contributed by atoms with Gasteiger partial charge >= 0.3 is 0 Å². The number of hydrogen-bond donors (Lipinski definition) is 3. The topological polar surface area (TPSA) is 107 Å². The summed E-state index contributed by atoms with van der Waals surface area (Å²) >= 11 is 12.7. The number of ether oxygens (including phenoxy) is 3. The molecule has 3 aromatic rings. The Morgan fingerprint density at radius 3 is 2.50 bits per heavy atom. The number of hydrogen-bond acceptors (Lipinski definition) is 8. The van der Waals surface area contributed by atoms with Gasteiger partial charge in [-0.3, -0.25) is 4.79 Å². The van der Waals surface area contributed by atoms with Crippen LogP contribution in [0.2, 0.25) is 5.02 Å². The van der Waals surface area contributed by atoms with Gasteiger partial charge in [0.05, 0.1) is 37.4 Å². The molecule has 3 N–H and O–H groups in total. The molecule has 1 aromatic heterocycles. The fourth-order valence-corrected chi connectivity index (χ4v) is 4.37. The number of carbonyl (C=O) groups is 1. The summed E-state index contributed by atoms with van der Waals surface area (Å²) in [6, 6.07) is 12.1. The molecular formula is C27H27Cl2N5O4. The average molecular weight is 556 g/mol. The molecular weight excluding hydrogens is 529 g/mol. The van der Waals surface area contributed by atoms with Crippen molar-refractivity contribution in [1.29, 1.82) is 0 Å². The van der Waals surface area contributed by atoms with Crippen LogP contribution in [0.5, 0.6) is 11.5 Å². The third kappa shape index (κ3) is 6.30. The normalized spacial score (nSPS) is 14.6. The highest BCUT2D eigenvalue weighted by molar-refractivity contribution is 6.32. The van der Waals surface area contributed by atoms with Crippen molar-refractivity contribution in [3.63, 3.8) is 0 Å². The van der Waals surface area contributed by atoms with Crippen LogP contribution in [0.15, 0.2) is 66.1 Å². The molecule has 0 bridgehead atoms. The van der Waals surface area contributed by atoms with Gasteiger partial charge in [-0.05, 0) is 55.5 Å². The molecule has 38 heavy (non-hydrogen) atoms. The largest absolute Gasteiger partial charge is 0.500 e. The molecule has 4 rings (SSSR count). The summed E-state index contributed by atoms with van der Waals surface area (Å²) < 4.78 is 15.8. The molecule has 11 heteroatoms. The third-order valence-corrected chi connectivity index (χ3v) is 6.40. The van der Waals surface area contributed by atoms with E-state index in [1.807, 2.05) is 6.08 Å². The van der Waals surface area contributed by atoms with Crippen molar-refractivity contribution < 1.29 is 19.0 Å². The zero-order valence-electron chi connectivity index (χ0n) is 21.3. The maximum Gasteiger partial charge on any atom is 0.255 e. The number of nitrogens with zero attached hydrogens (tertiary/aromatic N) is 2. The molecule has 0 fully saturated rings. The van der Waals surface area contributed by atoms with Crippen LogP contribution in [0, 0.1) is 6.92 Å². The molecule has 0 saturated carbocycles. The molecule has 1 unspecified atom stereocenters. The Morgan fingerprint density at radius 2 is 1.82 bits per heavy atom. The van der Waals surface area contributed by atoms with E-state index in [0.29, 0.717) is 63.1 Å². The van der Waals surface area contributed by atoms with Gasteiger partial charge < -0.3 is 30.2 Å². The van der Waals surface area contributed by atoms with Crippen LogP contribution in [-0.2, 0) is 4.74 Å². The SMILES string of the molecule is COC1=CC=C(Nc2nc(Nc3ccc(OC)c(Cl)c3)nc(C)c2NC(=O)c2cccc(OC)c2)CC1Cl. The number of rotatable bonds is 9. The minimum Gasteiger partial charge on any atom is -0.500 e. The summed E-state index contributed by atoms with van der Waals surface area (Å²) in [6.45, 7) is 1.78. The summed E-state index contributed by atoms with van der Waals surface area (Å²) in [6.07, 6.45) is 4.13. The summed E-state index contributed by atoms with van der Waals surface area (Å²) in [7, 11) is 4.68. The number of anilines is 4. The smallest absolute Gasteiger partial charge is 0.255 e. The van der Waals surface area contributed by atoms with Crippen LogP contribution in [0.25, 0.3) is 0 Å². The molecule has 1 amide bonds. The number of aryl methyl sites for hydroxylation is 1. The van der Waals surface area contributed by atoms with Crippen LogP contribution in [0.3, 0.4) is 0 Å². The van der Waals surface area contributed by atoms with Crippen molar-refractivity contribution in [3.8, 4) is 11.5 Å². The van der Waals surface area contributed by atoms with E-state index >= 15 is 0 Å². The molecule has 1 aliphatic carbocycles. The Bertz CT molecular complexity index is 1410. The van der Waals surface area contributed by atoms with Gasteiger partial charge in [0.2, 0.25) is 5.95 Å². The highest BCUT2D eigenvalue weighted by Crippen LogP contribution is 2.32. The first-order chi connectivity index (χ1) is 18.3. The highest BCUT2D eigenvalue weighted by Gasteiger charge is 2.21. The minimum atomic E-state index is -0.343. The van der Waals surface area contributed by atoms with E-state index in [1.54, 1.807) is 76.8 Å². The third-order valence-electron chi connectivity index (χ3n) is 5.74. The predicted molar refractivity (Wildman–Crippen MR) is 150 cm³/mol. The molecule has 198 valence electrons. The van der Waals surface area contributed by atoms with Gasteiger partial charge in [-0.2, -0.15) is 4.98 Å². The summed E-state index contributed by atoms with van der Waals surface area (Å²) in [5, 5.41) is 9.49. The van der Waals surface area contributed by atoms with Crippen LogP contribution in [-0.4, -0.2) is 42.6 Å². The lowest BCUT2D eigenvalue weighted by atomic mass is 10.1. The summed E-state index contributed by atoms with van der Waals surface area (Å²) in [4.78, 5) is 22.4. The number of carbonyl (C=O) groups excluding carboxylic acids is 1. The quantitative estimate of drug-likeness (QED) is 0.264. The lowest BCUT2D eigenvalue weighted by molar-refractivity contribution is 0.102. The number of alkyl halides is 1. The summed E-state index contributed by atoms with van der Waals surface area (Å²) in [5.41, 5.74) is 2.84. The fourth-order valence-electron chi connectivity index (χ4n) is 3.78. The molecule has 0 radical (unpaired) electrons. The first-order valence-corrected chi connectivity index (χ1v) is 12.4. The summed E-state index contributed by atoms with van der Waals surface area (Å²) in [5.74, 6) is 2.15. The first-order valence-electron chi connectivity index (χ1n) is 11.6. The lowest BCUT2D eigenvalue weighted by Crippen LogP contribution is -2.19. The van der Waals surface area contributed by atoms with Crippen molar-refractivity contribution in [2.24, 2.45) is 0 Å². The van der Waals surface area contributed by atoms with Gasteiger partial charge in [0.1, 0.15) is 22.9 Å². The van der Waals surface area contributed by atoms with Crippen molar-refractivity contribution in [1.82, 2.24) is 9.97 Å². The number of aromatic nitrogens is 2. The fraction of sp³-hybridized carbons (Fsp3) is 0.222. The van der Waals surface area contributed by atoms with Gasteiger partial charge in [-0.25, -0.2) is 4.98 Å². The van der Waals surface area contributed by atoms with Crippen LogP contribution >= 0.6 is 23.2 Å². The van der Waals surface area contributed by atoms with Crippen LogP contribution in [0.4, 0.5) is 23.1 Å². The zero-order valence-corrected chi connectivity index (χ0v) is 22.8. The number of methoxy groups -OCH3 is 3. The molecule has 0 spiro atoms. The average Bonchev–Trinajstić information content (AvgIpc) is 2.91. The molecule has 1 aliphatic rings. The van der Waals surface area contributed by atoms with Gasteiger partial charge in [0.25, 0.3) is 5.91 Å². The van der Waals surface area contributed by atoms with Crippen LogP contribution < -0.4 is 25.4 Å². The Labute approximate surface area is 230 Å². The molecule has 0 saturated heterocycles. The van der Waals surface area contributed by atoms with E-state index in [-0.39, 0.29) is 11.3 Å². The molecule has 9 nitrogen and oxygen atoms in total. The second-order valence-electron chi connectivity index (χ2n) is 8.28. The number of halogens is 2. The number of amides is 1. The Hall–Kier alpha value is -3.95. The predicted octanol–water partition coefficient (Wildman–Crippen LogP) is 6.29. The van der Waals surface area contributed by atoms with Crippen molar-refractivity contribution >= 4 is 52.3 Å². The van der Waals surface area contributed by atoms with Gasteiger partial charge in [0.15, 0.2) is 5.82 Å². The second kappa shape index (κ2) is 12.1. The monoisotopic (exact) mass is 555 g/mol. The minimum absolute atomic E-state index is 0.303. The van der Waals surface area contributed by atoms with Crippen molar-refractivity contribution in [2.45, 2.75) is 18.7 Å². The molecule has 2 aromatic carbocycles. The standard InChI is InChI=1S/C27H27Cl2N5O4/c1-15-24(33-26(35)16-6-5-7-19(12-16)36-2)25(31-17-8-10-22(37-3)20(28)13-17)34-27(30-15)32-18-9-11-23(38-4)21(29)14-18/h5-12,14,20H,13H2,1-4H3,(H,33,35)(H2,30,31,32,34). The number of nitrogens with one attached hydrogen (secondary N) is 3. The van der Waals surface area contributed by atoms with Gasteiger partial charge in [0, 0.05) is 23.4 Å². The Kier molecular flexibility index (Phi) is 8.60. The van der Waals surface area contributed by atoms with Crippen molar-refractivity contribution in [2.75, 3.05) is 37.3 Å². The molecule has 1 atom stereocenters. The number of benzene rings is 2. The van der Waals surface area contributed by atoms with E-state index in [9.17, 15) is 4.79 Å². The second-order valence-corrected chi connectivity index (χ2v) is 9.21. The van der Waals surface area contributed by atoms with E-state index in [1.165, 1.54) is 0 Å². The zero-order chi connectivity index (χ0) is 27.2. The van der Waals surface area contributed by atoms with E-state index in [0.717, 1.165) is 5.70 Å². The first kappa shape index (κ1) is 27.1. The highest BCUT2D eigenvalue weighted by atomic mass is 35.5. The van der Waals surface area contributed by atoms with Crippen LogP contribution in [0.1, 0.15) is 22.5 Å². The maximum absolute atomic E-state index is 13.1.